The molecular weight excluding hydrogens is 404 g/mol. The Morgan fingerprint density at radius 3 is 2.61 bits per heavy atom. The Hall–Kier alpha value is -3.05. The molecule has 2 heterocycles. The second-order valence-corrected chi connectivity index (χ2v) is 10.5. The van der Waals surface area contributed by atoms with Crippen molar-refractivity contribution in [2.45, 2.75) is 29.7 Å². The molecule has 5 heteroatoms. The molecule has 3 unspecified atom stereocenters. The normalized spacial score (nSPS) is 23.7. The van der Waals surface area contributed by atoms with Gasteiger partial charge in [-0.25, -0.2) is 8.42 Å². The summed E-state index contributed by atoms with van der Waals surface area (Å²) >= 11 is 0. The first-order valence-corrected chi connectivity index (χ1v) is 12.3. The van der Waals surface area contributed by atoms with Crippen molar-refractivity contribution in [2.75, 3.05) is 16.2 Å². The molecule has 3 atom stereocenters. The number of benzene rings is 3. The lowest BCUT2D eigenvalue weighted by Crippen LogP contribution is -2.31. The van der Waals surface area contributed by atoms with Crippen LogP contribution in [0, 0.1) is 5.92 Å². The van der Waals surface area contributed by atoms with Crippen LogP contribution in [-0.4, -0.2) is 15.0 Å². The summed E-state index contributed by atoms with van der Waals surface area (Å²) in [5, 5.41) is 3.70. The van der Waals surface area contributed by atoms with Gasteiger partial charge in [-0.05, 0) is 59.7 Å². The molecule has 6 rings (SSSR count). The van der Waals surface area contributed by atoms with Gasteiger partial charge in [-0.2, -0.15) is 0 Å². The fraction of sp³-hybridized carbons (Fsp3) is 0.231. The third-order valence-corrected chi connectivity index (χ3v) is 8.73. The van der Waals surface area contributed by atoms with Crippen LogP contribution < -0.4 is 9.62 Å². The topological polar surface area (TPSA) is 49.4 Å². The quantitative estimate of drug-likeness (QED) is 0.579. The summed E-state index contributed by atoms with van der Waals surface area (Å²) in [4.78, 5) is 0.377. The minimum atomic E-state index is -3.60. The molecule has 0 radical (unpaired) electrons. The van der Waals surface area contributed by atoms with Crippen LogP contribution in [0.15, 0.2) is 89.8 Å². The number of para-hydroxylation sites is 1. The van der Waals surface area contributed by atoms with E-state index in [4.69, 9.17) is 0 Å². The highest BCUT2D eigenvalue weighted by Crippen LogP contribution is 2.50. The first-order valence-electron chi connectivity index (χ1n) is 10.9. The molecule has 0 fully saturated rings. The SMILES string of the molecule is O=S(=O)(c1ccc2c(c1)C1C=CCC1C(c1ccccc1)N2)N1CCc2ccccc21. The summed E-state index contributed by atoms with van der Waals surface area (Å²) in [6.07, 6.45) is 6.24. The molecule has 156 valence electrons. The predicted octanol–water partition coefficient (Wildman–Crippen LogP) is 5.26. The van der Waals surface area contributed by atoms with Crippen molar-refractivity contribution in [3.05, 3.63) is 102 Å². The number of allylic oxidation sites excluding steroid dienone is 2. The minimum Gasteiger partial charge on any atom is -0.378 e. The highest BCUT2D eigenvalue weighted by atomic mass is 32.2. The summed E-state index contributed by atoms with van der Waals surface area (Å²) in [5.74, 6) is 0.614. The highest BCUT2D eigenvalue weighted by molar-refractivity contribution is 7.92. The molecule has 2 aliphatic heterocycles. The maximum atomic E-state index is 13.5. The summed E-state index contributed by atoms with van der Waals surface area (Å²) < 4.78 is 28.7. The van der Waals surface area contributed by atoms with E-state index < -0.39 is 10.0 Å². The number of nitrogens with zero attached hydrogens (tertiary/aromatic N) is 1. The zero-order valence-corrected chi connectivity index (χ0v) is 17.9. The van der Waals surface area contributed by atoms with Crippen LogP contribution in [0.5, 0.6) is 0 Å². The fourth-order valence-electron chi connectivity index (χ4n) is 5.41. The zero-order valence-electron chi connectivity index (χ0n) is 17.1. The van der Waals surface area contributed by atoms with Gasteiger partial charge >= 0.3 is 0 Å². The summed E-state index contributed by atoms with van der Waals surface area (Å²) in [7, 11) is -3.60. The molecule has 1 N–H and O–H groups in total. The van der Waals surface area contributed by atoms with Crippen molar-refractivity contribution in [2.24, 2.45) is 5.92 Å². The second kappa shape index (κ2) is 6.99. The van der Waals surface area contributed by atoms with Crippen molar-refractivity contribution < 1.29 is 8.42 Å². The Kier molecular flexibility index (Phi) is 4.22. The molecule has 0 saturated carbocycles. The Labute approximate surface area is 183 Å². The molecule has 3 aromatic carbocycles. The average Bonchev–Trinajstić information content (AvgIpc) is 3.47. The molecule has 0 aromatic heterocycles. The highest BCUT2D eigenvalue weighted by Gasteiger charge is 2.39. The van der Waals surface area contributed by atoms with Crippen molar-refractivity contribution in [3.8, 4) is 0 Å². The molecule has 1 aliphatic carbocycles. The van der Waals surface area contributed by atoms with E-state index in [1.54, 1.807) is 10.4 Å². The van der Waals surface area contributed by atoms with Gasteiger partial charge in [0.2, 0.25) is 0 Å². The summed E-state index contributed by atoms with van der Waals surface area (Å²) in [6.45, 7) is 0.499. The van der Waals surface area contributed by atoms with E-state index in [9.17, 15) is 8.42 Å². The molecular formula is C26H24N2O2S. The van der Waals surface area contributed by atoms with Gasteiger partial charge in [-0.1, -0.05) is 60.7 Å². The van der Waals surface area contributed by atoms with Crippen LogP contribution in [0.2, 0.25) is 0 Å². The molecule has 0 spiro atoms. The van der Waals surface area contributed by atoms with Gasteiger partial charge in [-0.3, -0.25) is 4.31 Å². The zero-order chi connectivity index (χ0) is 21.0. The third-order valence-electron chi connectivity index (χ3n) is 6.93. The molecule has 4 nitrogen and oxygen atoms in total. The Morgan fingerprint density at radius 1 is 0.935 bits per heavy atom. The number of rotatable bonds is 3. The first-order chi connectivity index (χ1) is 15.1. The second-order valence-electron chi connectivity index (χ2n) is 8.59. The van der Waals surface area contributed by atoms with Crippen molar-refractivity contribution in [1.29, 1.82) is 0 Å². The lowest BCUT2D eigenvalue weighted by atomic mass is 9.77. The number of fused-ring (bicyclic) bond motifs is 4. The van der Waals surface area contributed by atoms with Gasteiger partial charge in [0.15, 0.2) is 0 Å². The number of anilines is 2. The van der Waals surface area contributed by atoms with Gasteiger partial charge in [0.05, 0.1) is 16.6 Å². The molecule has 0 amide bonds. The number of nitrogens with one attached hydrogen (secondary N) is 1. The predicted molar refractivity (Wildman–Crippen MR) is 124 cm³/mol. The van der Waals surface area contributed by atoms with Crippen molar-refractivity contribution in [1.82, 2.24) is 0 Å². The molecule has 3 aliphatic rings. The minimum absolute atomic E-state index is 0.224. The van der Waals surface area contributed by atoms with Crippen molar-refractivity contribution >= 4 is 21.4 Å². The Bertz CT molecular complexity index is 1280. The Balaban J connectivity index is 1.40. The third kappa shape index (κ3) is 2.91. The first kappa shape index (κ1) is 18.7. The number of hydrogen-bond donors (Lipinski definition) is 1. The van der Waals surface area contributed by atoms with E-state index in [0.717, 1.165) is 35.3 Å². The van der Waals surface area contributed by atoms with E-state index in [0.29, 0.717) is 17.4 Å². The van der Waals surface area contributed by atoms with Gasteiger partial charge in [0, 0.05) is 18.2 Å². The van der Waals surface area contributed by atoms with Gasteiger partial charge in [0.1, 0.15) is 0 Å². The van der Waals surface area contributed by atoms with Crippen LogP contribution in [0.25, 0.3) is 0 Å². The standard InChI is InChI=1S/C26H24N2O2S/c29-31(30,28-16-15-18-7-4-5-12-25(18)28)20-13-14-24-23(17-20)21-10-6-11-22(21)26(27-24)19-8-2-1-3-9-19/h1-10,12-14,17,21-22,26-27H,11,15-16H2. The van der Waals surface area contributed by atoms with Crippen LogP contribution in [-0.2, 0) is 16.4 Å². The maximum absolute atomic E-state index is 13.5. The van der Waals surface area contributed by atoms with E-state index in [1.165, 1.54) is 5.56 Å². The molecule has 0 bridgehead atoms. The van der Waals surface area contributed by atoms with Crippen LogP contribution in [0.3, 0.4) is 0 Å². The van der Waals surface area contributed by atoms with Gasteiger partial charge in [-0.15, -0.1) is 0 Å². The van der Waals surface area contributed by atoms with E-state index >= 15 is 0 Å². The summed E-state index contributed by atoms with van der Waals surface area (Å²) in [6, 6.07) is 24.1. The maximum Gasteiger partial charge on any atom is 0.264 e. The van der Waals surface area contributed by atoms with Crippen molar-refractivity contribution in [3.63, 3.8) is 0 Å². The molecule has 31 heavy (non-hydrogen) atoms. The van der Waals surface area contributed by atoms with E-state index in [2.05, 4.69) is 41.7 Å². The van der Waals surface area contributed by atoms with Gasteiger partial charge < -0.3 is 5.32 Å². The Morgan fingerprint density at radius 2 is 1.74 bits per heavy atom. The number of sulfonamides is 1. The molecule has 3 aromatic rings. The van der Waals surface area contributed by atoms with Crippen LogP contribution in [0.4, 0.5) is 11.4 Å². The van der Waals surface area contributed by atoms with Crippen LogP contribution >= 0.6 is 0 Å². The van der Waals surface area contributed by atoms with Gasteiger partial charge in [0.25, 0.3) is 10.0 Å². The average molecular weight is 429 g/mol. The largest absolute Gasteiger partial charge is 0.378 e. The van der Waals surface area contributed by atoms with E-state index in [1.807, 2.05) is 42.5 Å². The lowest BCUT2D eigenvalue weighted by Gasteiger charge is -2.37. The number of hydrogen-bond acceptors (Lipinski definition) is 3. The monoisotopic (exact) mass is 428 g/mol. The lowest BCUT2D eigenvalue weighted by molar-refractivity contribution is 0.425. The fourth-order valence-corrected chi connectivity index (χ4v) is 6.95. The van der Waals surface area contributed by atoms with E-state index in [-0.39, 0.29) is 12.0 Å². The van der Waals surface area contributed by atoms with Crippen LogP contribution in [0.1, 0.15) is 35.1 Å². The smallest absolute Gasteiger partial charge is 0.264 e. The summed E-state index contributed by atoms with van der Waals surface area (Å²) in [5.41, 5.74) is 5.29. The molecule has 0 saturated heterocycles.